The lowest BCUT2D eigenvalue weighted by Crippen LogP contribution is -2.67. The van der Waals surface area contributed by atoms with Crippen LogP contribution in [0.4, 0.5) is 23.5 Å². The molecule has 0 radical (unpaired) electrons. The van der Waals surface area contributed by atoms with Crippen molar-refractivity contribution in [1.82, 2.24) is 14.9 Å². The van der Waals surface area contributed by atoms with E-state index in [9.17, 15) is 27.2 Å². The first kappa shape index (κ1) is 17.0. The second kappa shape index (κ2) is 5.53. The van der Waals surface area contributed by atoms with Crippen molar-refractivity contribution in [3.8, 4) is 0 Å². The molecule has 0 fully saturated rings. The maximum atomic E-state index is 13.9. The number of imidazole rings is 1. The minimum Gasteiger partial charge on any atom is -0.317 e. The molecule has 0 saturated carbocycles. The second-order valence-corrected chi connectivity index (χ2v) is 5.87. The van der Waals surface area contributed by atoms with E-state index in [1.807, 2.05) is 5.32 Å². The Hall–Kier alpha value is -3.43. The van der Waals surface area contributed by atoms with Gasteiger partial charge in [0.25, 0.3) is 17.5 Å². The quantitative estimate of drug-likeness (QED) is 0.673. The average molecular weight is 378 g/mol. The lowest BCUT2D eigenvalue weighted by Gasteiger charge is -2.30. The number of anilines is 1. The van der Waals surface area contributed by atoms with Gasteiger partial charge in [-0.15, -0.1) is 0 Å². The van der Waals surface area contributed by atoms with Gasteiger partial charge in [-0.2, -0.15) is 13.2 Å². The second-order valence-electron chi connectivity index (χ2n) is 5.87. The summed E-state index contributed by atoms with van der Waals surface area (Å²) in [6.45, 7) is 0. The molecule has 6 nitrogen and oxygen atoms in total. The number of hydrogen-bond donors (Lipinski definition) is 2. The van der Waals surface area contributed by atoms with Crippen LogP contribution in [0.5, 0.6) is 0 Å². The van der Waals surface area contributed by atoms with Gasteiger partial charge in [-0.25, -0.2) is 13.9 Å². The van der Waals surface area contributed by atoms with Gasteiger partial charge >= 0.3 is 6.18 Å². The van der Waals surface area contributed by atoms with Crippen molar-refractivity contribution in [3.63, 3.8) is 0 Å². The molecule has 27 heavy (non-hydrogen) atoms. The van der Waals surface area contributed by atoms with Crippen molar-refractivity contribution >= 4 is 28.8 Å². The summed E-state index contributed by atoms with van der Waals surface area (Å²) in [6, 6.07) is 10.6. The lowest BCUT2D eigenvalue weighted by atomic mass is 10.1. The molecule has 2 heterocycles. The Morgan fingerprint density at radius 3 is 2.48 bits per heavy atom. The van der Waals surface area contributed by atoms with Crippen molar-refractivity contribution in [1.29, 1.82) is 0 Å². The van der Waals surface area contributed by atoms with Crippen LogP contribution in [-0.2, 0) is 0 Å². The highest BCUT2D eigenvalue weighted by Gasteiger charge is 2.66. The van der Waals surface area contributed by atoms with E-state index in [2.05, 4.69) is 4.98 Å². The highest BCUT2D eigenvalue weighted by atomic mass is 19.4. The van der Waals surface area contributed by atoms with Gasteiger partial charge in [0, 0.05) is 0 Å². The van der Waals surface area contributed by atoms with Crippen LogP contribution in [0.15, 0.2) is 48.5 Å². The summed E-state index contributed by atoms with van der Waals surface area (Å²) in [4.78, 5) is 29.0. The lowest BCUT2D eigenvalue weighted by molar-refractivity contribution is -0.169. The Balaban J connectivity index is 1.80. The monoisotopic (exact) mass is 378 g/mol. The number of nitrogens with one attached hydrogen (secondary N) is 2. The number of carbonyl (C=O) groups excluding carboxylic acids is 2. The van der Waals surface area contributed by atoms with Crippen molar-refractivity contribution in [2.75, 3.05) is 5.32 Å². The zero-order valence-electron chi connectivity index (χ0n) is 13.3. The molecule has 1 amide bonds. The molecule has 0 saturated heterocycles. The number of rotatable bonds is 2. The van der Waals surface area contributed by atoms with Gasteiger partial charge in [-0.05, 0) is 24.3 Å². The Kier molecular flexibility index (Phi) is 3.48. The first-order valence-electron chi connectivity index (χ1n) is 7.69. The van der Waals surface area contributed by atoms with E-state index in [0.717, 1.165) is 16.7 Å². The number of carbonyl (C=O) groups is 2. The predicted octanol–water partition coefficient (Wildman–Crippen LogP) is 2.93. The fourth-order valence-electron chi connectivity index (χ4n) is 2.93. The van der Waals surface area contributed by atoms with E-state index in [1.165, 1.54) is 30.3 Å². The first-order valence-corrected chi connectivity index (χ1v) is 7.69. The molecule has 0 bridgehead atoms. The van der Waals surface area contributed by atoms with E-state index >= 15 is 0 Å². The third kappa shape index (κ3) is 2.36. The maximum Gasteiger partial charge on any atom is 0.440 e. The van der Waals surface area contributed by atoms with E-state index in [1.54, 1.807) is 11.4 Å². The molecule has 3 aromatic rings. The average Bonchev–Trinajstić information content (AvgIpc) is 3.10. The molecular weight excluding hydrogens is 368 g/mol. The first-order chi connectivity index (χ1) is 12.7. The molecular formula is C17H10F4N4O2. The standard InChI is InChI=1S/C17H10F4N4O2/c18-10-6-2-1-5-9(10)13(26)23-16(17(19,20)21)14(27)25-12-8-4-3-7-11(12)22-15(25)24-16/h1-8H,(H,22,24)(H,23,26)/t16-/m0/s1. The summed E-state index contributed by atoms with van der Waals surface area (Å²) >= 11 is 0. The van der Waals surface area contributed by atoms with Crippen LogP contribution in [0.2, 0.25) is 0 Å². The SMILES string of the molecule is O=C(N[C@]1(C(F)(F)F)Nc2nc3ccccc3n2C1=O)c1ccccc1F. The van der Waals surface area contributed by atoms with Crippen LogP contribution < -0.4 is 10.6 Å². The summed E-state index contributed by atoms with van der Waals surface area (Å²) in [5.41, 5.74) is -3.62. The number of nitrogens with zero attached hydrogens (tertiary/aromatic N) is 2. The number of hydrogen-bond acceptors (Lipinski definition) is 4. The molecule has 1 atom stereocenters. The van der Waals surface area contributed by atoms with Crippen LogP contribution in [0.3, 0.4) is 0 Å². The van der Waals surface area contributed by atoms with Gasteiger partial charge in [0.2, 0.25) is 5.95 Å². The van der Waals surface area contributed by atoms with Crippen LogP contribution in [0.1, 0.15) is 15.2 Å². The minimum absolute atomic E-state index is 0.149. The number of amides is 1. The molecule has 10 heteroatoms. The van der Waals surface area contributed by atoms with E-state index in [0.29, 0.717) is 5.52 Å². The highest BCUT2D eigenvalue weighted by Crippen LogP contribution is 2.39. The Labute approximate surface area is 148 Å². The number of fused-ring (bicyclic) bond motifs is 3. The van der Waals surface area contributed by atoms with Crippen LogP contribution in [0.25, 0.3) is 11.0 Å². The maximum absolute atomic E-state index is 13.9. The van der Waals surface area contributed by atoms with Gasteiger partial charge in [0.05, 0.1) is 16.6 Å². The Bertz CT molecular complexity index is 1090. The summed E-state index contributed by atoms with van der Waals surface area (Å²) in [5, 5.41) is 3.58. The minimum atomic E-state index is -5.22. The van der Waals surface area contributed by atoms with Gasteiger partial charge in [0.15, 0.2) is 0 Å². The molecule has 1 aromatic heterocycles. The fraction of sp³-hybridized carbons (Fsp3) is 0.118. The molecule has 0 unspecified atom stereocenters. The number of aromatic nitrogens is 2. The summed E-state index contributed by atoms with van der Waals surface area (Å²) < 4.78 is 56.1. The van der Waals surface area contributed by atoms with Crippen LogP contribution >= 0.6 is 0 Å². The Morgan fingerprint density at radius 1 is 1.11 bits per heavy atom. The van der Waals surface area contributed by atoms with Crippen LogP contribution in [0, 0.1) is 5.82 Å². The summed E-state index contributed by atoms with van der Waals surface area (Å²) in [7, 11) is 0. The molecule has 0 spiro atoms. The van der Waals surface area contributed by atoms with Crippen molar-refractivity contribution in [2.24, 2.45) is 0 Å². The van der Waals surface area contributed by atoms with Gasteiger partial charge < -0.3 is 10.6 Å². The third-order valence-electron chi connectivity index (χ3n) is 4.23. The molecule has 0 aliphatic carbocycles. The summed E-state index contributed by atoms with van der Waals surface area (Å²) in [5.74, 6) is -4.25. The summed E-state index contributed by atoms with van der Waals surface area (Å²) in [6.07, 6.45) is -5.22. The molecule has 138 valence electrons. The number of benzene rings is 2. The third-order valence-corrected chi connectivity index (χ3v) is 4.23. The molecule has 2 N–H and O–H groups in total. The zero-order chi connectivity index (χ0) is 19.4. The predicted molar refractivity (Wildman–Crippen MR) is 86.6 cm³/mol. The highest BCUT2D eigenvalue weighted by molar-refractivity contribution is 6.08. The fourth-order valence-corrected chi connectivity index (χ4v) is 2.93. The Morgan fingerprint density at radius 2 is 1.78 bits per heavy atom. The normalized spacial score (nSPS) is 19.0. The smallest absolute Gasteiger partial charge is 0.317 e. The van der Waals surface area contributed by atoms with Gasteiger partial charge in [0.1, 0.15) is 5.82 Å². The van der Waals surface area contributed by atoms with Crippen molar-refractivity contribution in [2.45, 2.75) is 11.8 Å². The van der Waals surface area contributed by atoms with Crippen LogP contribution in [-0.4, -0.2) is 33.2 Å². The molecule has 1 aliphatic heterocycles. The van der Waals surface area contributed by atoms with E-state index in [-0.39, 0.29) is 11.5 Å². The number of para-hydroxylation sites is 2. The zero-order valence-corrected chi connectivity index (χ0v) is 13.3. The van der Waals surface area contributed by atoms with E-state index < -0.39 is 35.0 Å². The van der Waals surface area contributed by atoms with Gasteiger partial charge in [-0.1, -0.05) is 24.3 Å². The van der Waals surface area contributed by atoms with Crippen molar-refractivity contribution in [3.05, 3.63) is 59.9 Å². The largest absolute Gasteiger partial charge is 0.440 e. The number of halogens is 4. The number of alkyl halides is 3. The molecule has 1 aliphatic rings. The van der Waals surface area contributed by atoms with Gasteiger partial charge in [-0.3, -0.25) is 9.59 Å². The van der Waals surface area contributed by atoms with E-state index in [4.69, 9.17) is 0 Å². The molecule has 2 aromatic carbocycles. The molecule has 4 rings (SSSR count). The topological polar surface area (TPSA) is 76.0 Å². The van der Waals surface area contributed by atoms with Crippen molar-refractivity contribution < 1.29 is 27.2 Å².